The van der Waals surface area contributed by atoms with E-state index >= 15 is 0 Å². The fraction of sp³-hybridized carbons (Fsp3) is 0.312. The number of carbonyl (C=O) groups is 1. The van der Waals surface area contributed by atoms with Crippen LogP contribution in [0.1, 0.15) is 32.6 Å². The van der Waals surface area contributed by atoms with Crippen molar-refractivity contribution < 1.29 is 13.2 Å². The Balaban J connectivity index is 2.02. The summed E-state index contributed by atoms with van der Waals surface area (Å²) in [6.07, 6.45) is 0.572. The van der Waals surface area contributed by atoms with Crippen molar-refractivity contribution in [3.8, 4) is 0 Å². The van der Waals surface area contributed by atoms with E-state index in [1.807, 2.05) is 19.1 Å². The van der Waals surface area contributed by atoms with Gasteiger partial charge in [0.15, 0.2) is 5.78 Å². The number of ketones is 1. The van der Waals surface area contributed by atoms with Crippen LogP contribution >= 0.6 is 11.3 Å². The Morgan fingerprint density at radius 3 is 2.50 bits per heavy atom. The first-order valence-electron chi connectivity index (χ1n) is 6.96. The Bertz CT molecular complexity index is 791. The van der Waals surface area contributed by atoms with Gasteiger partial charge in [-0.3, -0.25) is 4.79 Å². The van der Waals surface area contributed by atoms with Gasteiger partial charge in [0.2, 0.25) is 10.0 Å². The Labute approximate surface area is 135 Å². The molecule has 0 saturated carbocycles. The van der Waals surface area contributed by atoms with Crippen LogP contribution in [0.25, 0.3) is 0 Å². The SMILES string of the molecule is CC(=O)c1ccc(CCNS(=O)(=O)c2ccc(C)cc2C)s1. The smallest absolute Gasteiger partial charge is 0.240 e. The molecule has 0 aliphatic carbocycles. The Morgan fingerprint density at radius 1 is 1.18 bits per heavy atom. The van der Waals surface area contributed by atoms with E-state index in [2.05, 4.69) is 4.72 Å². The number of aryl methyl sites for hydroxylation is 2. The minimum absolute atomic E-state index is 0.0344. The molecule has 0 amide bonds. The number of carbonyl (C=O) groups excluding carboxylic acids is 1. The maximum absolute atomic E-state index is 12.3. The van der Waals surface area contributed by atoms with E-state index in [0.29, 0.717) is 22.7 Å². The van der Waals surface area contributed by atoms with Gasteiger partial charge in [0.05, 0.1) is 9.77 Å². The topological polar surface area (TPSA) is 63.2 Å². The van der Waals surface area contributed by atoms with Crippen LogP contribution < -0.4 is 4.72 Å². The second-order valence-corrected chi connectivity index (χ2v) is 8.14. The van der Waals surface area contributed by atoms with E-state index in [1.165, 1.54) is 18.3 Å². The third kappa shape index (κ3) is 4.03. The first-order chi connectivity index (χ1) is 10.3. The van der Waals surface area contributed by atoms with Crippen molar-refractivity contribution >= 4 is 27.1 Å². The molecule has 0 fully saturated rings. The van der Waals surface area contributed by atoms with Crippen molar-refractivity contribution in [1.29, 1.82) is 0 Å². The van der Waals surface area contributed by atoms with Crippen LogP contribution in [-0.4, -0.2) is 20.7 Å². The van der Waals surface area contributed by atoms with Crippen LogP contribution in [0.3, 0.4) is 0 Å². The Morgan fingerprint density at radius 2 is 1.91 bits per heavy atom. The Hall–Kier alpha value is -1.50. The number of rotatable bonds is 6. The van der Waals surface area contributed by atoms with Crippen LogP contribution in [0.4, 0.5) is 0 Å². The molecule has 22 heavy (non-hydrogen) atoms. The molecule has 1 aromatic carbocycles. The van der Waals surface area contributed by atoms with Crippen LogP contribution in [0.5, 0.6) is 0 Å². The van der Waals surface area contributed by atoms with E-state index in [-0.39, 0.29) is 5.78 Å². The van der Waals surface area contributed by atoms with Crippen molar-refractivity contribution in [3.05, 3.63) is 51.2 Å². The molecule has 0 spiro atoms. The van der Waals surface area contributed by atoms with Gasteiger partial charge in [-0.25, -0.2) is 13.1 Å². The molecule has 2 aromatic rings. The van der Waals surface area contributed by atoms with E-state index in [4.69, 9.17) is 0 Å². The first-order valence-corrected chi connectivity index (χ1v) is 9.26. The second-order valence-electron chi connectivity index (χ2n) is 5.24. The maximum atomic E-state index is 12.3. The molecule has 0 atom stereocenters. The first kappa shape index (κ1) is 16.9. The maximum Gasteiger partial charge on any atom is 0.240 e. The predicted octanol–water partition coefficient (Wildman–Crippen LogP) is 3.09. The molecular formula is C16H19NO3S2. The summed E-state index contributed by atoms with van der Waals surface area (Å²) >= 11 is 1.41. The second kappa shape index (κ2) is 6.73. The molecule has 0 aliphatic rings. The van der Waals surface area contributed by atoms with E-state index in [1.54, 1.807) is 25.1 Å². The van der Waals surface area contributed by atoms with Gasteiger partial charge in [0, 0.05) is 11.4 Å². The van der Waals surface area contributed by atoms with Gasteiger partial charge in [0.1, 0.15) is 0 Å². The molecule has 0 radical (unpaired) electrons. The number of nitrogens with one attached hydrogen (secondary N) is 1. The lowest BCUT2D eigenvalue weighted by Gasteiger charge is -2.09. The fourth-order valence-corrected chi connectivity index (χ4v) is 4.35. The zero-order chi connectivity index (χ0) is 16.3. The van der Waals surface area contributed by atoms with E-state index in [9.17, 15) is 13.2 Å². The molecule has 0 bridgehead atoms. The van der Waals surface area contributed by atoms with E-state index in [0.717, 1.165) is 16.0 Å². The highest BCUT2D eigenvalue weighted by Crippen LogP contribution is 2.18. The van der Waals surface area contributed by atoms with Gasteiger partial charge >= 0.3 is 0 Å². The lowest BCUT2D eigenvalue weighted by Crippen LogP contribution is -2.26. The average Bonchev–Trinajstić information content (AvgIpc) is 2.87. The Kier molecular flexibility index (Phi) is 5.16. The van der Waals surface area contributed by atoms with Gasteiger partial charge < -0.3 is 0 Å². The van der Waals surface area contributed by atoms with Crippen LogP contribution in [-0.2, 0) is 16.4 Å². The number of thiophene rings is 1. The van der Waals surface area contributed by atoms with Crippen LogP contribution in [0.2, 0.25) is 0 Å². The summed E-state index contributed by atoms with van der Waals surface area (Å²) in [5.74, 6) is 0.0344. The zero-order valence-electron chi connectivity index (χ0n) is 12.8. The number of Topliss-reactive ketones (excluding diaryl/α,β-unsaturated/α-hetero) is 1. The highest BCUT2D eigenvalue weighted by molar-refractivity contribution is 7.89. The highest BCUT2D eigenvalue weighted by atomic mass is 32.2. The molecule has 118 valence electrons. The summed E-state index contributed by atoms with van der Waals surface area (Å²) in [6.45, 7) is 5.56. The van der Waals surface area contributed by atoms with Crippen molar-refractivity contribution in [2.24, 2.45) is 0 Å². The van der Waals surface area contributed by atoms with E-state index < -0.39 is 10.0 Å². The molecule has 2 rings (SSSR count). The predicted molar refractivity (Wildman–Crippen MR) is 89.1 cm³/mol. The number of benzene rings is 1. The molecule has 0 unspecified atom stereocenters. The normalized spacial score (nSPS) is 11.6. The van der Waals surface area contributed by atoms with Crippen LogP contribution in [0.15, 0.2) is 35.2 Å². The standard InChI is InChI=1S/C16H19NO3S2/c1-11-4-7-16(12(2)10-11)22(19,20)17-9-8-14-5-6-15(21-14)13(3)18/h4-7,10,17H,8-9H2,1-3H3. The molecule has 6 heteroatoms. The minimum Gasteiger partial charge on any atom is -0.294 e. The molecule has 1 heterocycles. The largest absolute Gasteiger partial charge is 0.294 e. The van der Waals surface area contributed by atoms with Gasteiger partial charge in [-0.15, -0.1) is 11.3 Å². The summed E-state index contributed by atoms with van der Waals surface area (Å²) < 4.78 is 27.2. The van der Waals surface area contributed by atoms with Crippen molar-refractivity contribution in [1.82, 2.24) is 4.72 Å². The zero-order valence-corrected chi connectivity index (χ0v) is 14.5. The lowest BCUT2D eigenvalue weighted by atomic mass is 10.2. The van der Waals surface area contributed by atoms with Crippen molar-refractivity contribution in [2.45, 2.75) is 32.1 Å². The van der Waals surface area contributed by atoms with Crippen LogP contribution in [0, 0.1) is 13.8 Å². The van der Waals surface area contributed by atoms with Gasteiger partial charge in [-0.1, -0.05) is 17.7 Å². The minimum atomic E-state index is -3.50. The third-order valence-corrected chi connectivity index (χ3v) is 6.16. The molecule has 1 N–H and O–H groups in total. The highest BCUT2D eigenvalue weighted by Gasteiger charge is 2.16. The number of sulfonamides is 1. The average molecular weight is 337 g/mol. The lowest BCUT2D eigenvalue weighted by molar-refractivity contribution is 0.102. The fourth-order valence-electron chi connectivity index (χ4n) is 2.19. The summed E-state index contributed by atoms with van der Waals surface area (Å²) in [6, 6.07) is 8.92. The summed E-state index contributed by atoms with van der Waals surface area (Å²) in [5, 5.41) is 0. The summed E-state index contributed by atoms with van der Waals surface area (Å²) in [5.41, 5.74) is 1.77. The molecule has 4 nitrogen and oxygen atoms in total. The molecule has 0 saturated heterocycles. The quantitative estimate of drug-likeness (QED) is 0.824. The number of hydrogen-bond donors (Lipinski definition) is 1. The van der Waals surface area contributed by atoms with Gasteiger partial charge in [-0.2, -0.15) is 0 Å². The molecule has 1 aromatic heterocycles. The molecule has 0 aliphatic heterocycles. The third-order valence-electron chi connectivity index (χ3n) is 3.29. The number of hydrogen-bond acceptors (Lipinski definition) is 4. The van der Waals surface area contributed by atoms with Gasteiger partial charge in [-0.05, 0) is 51.0 Å². The van der Waals surface area contributed by atoms with Gasteiger partial charge in [0.25, 0.3) is 0 Å². The molecular weight excluding hydrogens is 318 g/mol. The monoisotopic (exact) mass is 337 g/mol. The summed E-state index contributed by atoms with van der Waals surface area (Å²) in [7, 11) is -3.50. The van der Waals surface area contributed by atoms with Crippen molar-refractivity contribution in [2.75, 3.05) is 6.54 Å². The van der Waals surface area contributed by atoms with Crippen molar-refractivity contribution in [3.63, 3.8) is 0 Å². The summed E-state index contributed by atoms with van der Waals surface area (Å²) in [4.78, 5) is 13.2.